The molecule has 0 radical (unpaired) electrons. The number of aryl methyl sites for hydroxylation is 1. The smallest absolute Gasteiger partial charge is 0.117 e. The van der Waals surface area contributed by atoms with Gasteiger partial charge in [-0.2, -0.15) is 0 Å². The minimum Gasteiger partial charge on any atom is -0.399 e. The Balaban J connectivity index is 1.87. The van der Waals surface area contributed by atoms with Gasteiger partial charge in [0.25, 0.3) is 0 Å². The van der Waals surface area contributed by atoms with Gasteiger partial charge in [-0.15, -0.1) is 0 Å². The molecule has 0 saturated heterocycles. The van der Waals surface area contributed by atoms with Crippen molar-refractivity contribution in [2.45, 2.75) is 52.9 Å². The molecule has 0 atom stereocenters. The minimum absolute atomic E-state index is 0.0761. The molecular weight excluding hydrogens is 352 g/mol. The van der Waals surface area contributed by atoms with Crippen LogP contribution in [0.3, 0.4) is 0 Å². The summed E-state index contributed by atoms with van der Waals surface area (Å²) in [6.07, 6.45) is 3.45. The van der Waals surface area contributed by atoms with Gasteiger partial charge in [0.2, 0.25) is 0 Å². The zero-order chi connectivity index (χ0) is 20.6. The molecule has 0 spiro atoms. The van der Waals surface area contributed by atoms with Crippen LogP contribution in [0.4, 0.5) is 0 Å². The van der Waals surface area contributed by atoms with Crippen LogP contribution in [0.1, 0.15) is 63.7 Å². The van der Waals surface area contributed by atoms with Gasteiger partial charge in [-0.1, -0.05) is 37.1 Å². The summed E-state index contributed by atoms with van der Waals surface area (Å²) in [6, 6.07) is 10.0. The molecule has 2 rings (SSSR count). The number of hydrogen-bond acceptors (Lipinski definition) is 6. The highest BCUT2D eigenvalue weighted by molar-refractivity contribution is 5.97. The molecule has 0 saturated carbocycles. The summed E-state index contributed by atoms with van der Waals surface area (Å²) in [5.74, 6) is 0. The summed E-state index contributed by atoms with van der Waals surface area (Å²) in [5.41, 5.74) is 5.49. The van der Waals surface area contributed by atoms with E-state index in [1.807, 2.05) is 44.3 Å². The lowest BCUT2D eigenvalue weighted by Crippen LogP contribution is -2.13. The first-order chi connectivity index (χ1) is 13.3. The van der Waals surface area contributed by atoms with Gasteiger partial charge in [-0.05, 0) is 61.9 Å². The number of hydrogen-bond donors (Lipinski definition) is 0. The van der Waals surface area contributed by atoms with Crippen LogP contribution in [0.25, 0.3) is 0 Å². The first-order valence-corrected chi connectivity index (χ1v) is 9.49. The van der Waals surface area contributed by atoms with Crippen LogP contribution in [0, 0.1) is 0 Å². The van der Waals surface area contributed by atoms with Gasteiger partial charge in [0.05, 0.1) is 11.4 Å². The van der Waals surface area contributed by atoms with Crippen molar-refractivity contribution in [3.05, 3.63) is 59.2 Å². The van der Waals surface area contributed by atoms with Crippen molar-refractivity contribution >= 4 is 11.4 Å². The predicted octanol–water partition coefficient (Wildman–Crippen LogP) is 4.52. The van der Waals surface area contributed by atoms with E-state index in [1.54, 1.807) is 0 Å². The summed E-state index contributed by atoms with van der Waals surface area (Å²) in [6.45, 7) is 10.9. The van der Waals surface area contributed by atoms with Crippen LogP contribution in [0.2, 0.25) is 0 Å². The molecule has 0 aliphatic heterocycles. The topological polar surface area (TPSA) is 69.0 Å². The van der Waals surface area contributed by atoms with Crippen molar-refractivity contribution in [2.24, 2.45) is 10.3 Å². The number of rotatable bonds is 8. The number of nitrogens with zero attached hydrogens (tertiary/aromatic N) is 4. The molecule has 0 aromatic carbocycles. The maximum absolute atomic E-state index is 5.49. The zero-order valence-corrected chi connectivity index (χ0v) is 17.7. The maximum atomic E-state index is 5.49. The zero-order valence-electron chi connectivity index (χ0n) is 17.7. The Morgan fingerprint density at radius 2 is 1.79 bits per heavy atom. The Morgan fingerprint density at radius 3 is 2.50 bits per heavy atom. The summed E-state index contributed by atoms with van der Waals surface area (Å²) in [5, 5.41) is 8.14. The second-order valence-electron chi connectivity index (χ2n) is 7.67. The molecule has 6 nitrogen and oxygen atoms in total. The van der Waals surface area contributed by atoms with E-state index < -0.39 is 0 Å². The van der Waals surface area contributed by atoms with Gasteiger partial charge < -0.3 is 9.68 Å². The minimum atomic E-state index is 0.0761. The largest absolute Gasteiger partial charge is 0.399 e. The predicted molar refractivity (Wildman–Crippen MR) is 113 cm³/mol. The third-order valence-electron chi connectivity index (χ3n) is 4.27. The molecule has 2 aromatic rings. The van der Waals surface area contributed by atoms with Crippen molar-refractivity contribution in [2.75, 3.05) is 13.7 Å². The molecule has 0 N–H and O–H groups in total. The van der Waals surface area contributed by atoms with E-state index in [0.29, 0.717) is 6.61 Å². The van der Waals surface area contributed by atoms with E-state index >= 15 is 0 Å². The van der Waals surface area contributed by atoms with E-state index in [4.69, 9.17) is 9.68 Å². The van der Waals surface area contributed by atoms with Crippen LogP contribution >= 0.6 is 0 Å². The van der Waals surface area contributed by atoms with Crippen molar-refractivity contribution in [1.82, 2.24) is 9.97 Å². The molecule has 0 aliphatic rings. The second kappa shape index (κ2) is 9.97. The van der Waals surface area contributed by atoms with E-state index in [2.05, 4.69) is 47.1 Å². The Hall–Kier alpha value is -2.76. The lowest BCUT2D eigenvalue weighted by molar-refractivity contribution is 0.141. The first kappa shape index (κ1) is 21.5. The van der Waals surface area contributed by atoms with E-state index in [9.17, 15) is 0 Å². The Morgan fingerprint density at radius 1 is 1.04 bits per heavy atom. The normalized spacial score (nSPS) is 12.8. The molecule has 2 aromatic heterocycles. The van der Waals surface area contributed by atoms with Crippen LogP contribution in [0.5, 0.6) is 0 Å². The lowest BCUT2D eigenvalue weighted by Gasteiger charge is -2.19. The van der Waals surface area contributed by atoms with Gasteiger partial charge in [-0.3, -0.25) is 9.97 Å². The van der Waals surface area contributed by atoms with Gasteiger partial charge in [0.1, 0.15) is 25.1 Å². The molecule has 0 amide bonds. The quantitative estimate of drug-likeness (QED) is 0.382. The van der Waals surface area contributed by atoms with Gasteiger partial charge in [0.15, 0.2) is 0 Å². The standard InChI is InChI=1S/C22H30N4O2/c1-16(25-27-6)20-11-7-9-19(24-20)10-8-14-28-26-17(2)21-15-18(12-13-23-21)22(3,4)5/h7,9,11-13,15H,8,10,14H2,1-6H3/b25-16+,26-17+. The highest BCUT2D eigenvalue weighted by Crippen LogP contribution is 2.22. The van der Waals surface area contributed by atoms with Crippen LogP contribution < -0.4 is 0 Å². The highest BCUT2D eigenvalue weighted by Gasteiger charge is 2.14. The average Bonchev–Trinajstić information content (AvgIpc) is 2.67. The summed E-state index contributed by atoms with van der Waals surface area (Å²) < 4.78 is 0. The highest BCUT2D eigenvalue weighted by atomic mass is 16.6. The van der Waals surface area contributed by atoms with Crippen LogP contribution in [-0.4, -0.2) is 35.1 Å². The third kappa shape index (κ3) is 6.44. The summed E-state index contributed by atoms with van der Waals surface area (Å²) >= 11 is 0. The number of aromatic nitrogens is 2. The second-order valence-corrected chi connectivity index (χ2v) is 7.67. The van der Waals surface area contributed by atoms with Crippen molar-refractivity contribution in [3.63, 3.8) is 0 Å². The Bertz CT molecular complexity index is 838. The first-order valence-electron chi connectivity index (χ1n) is 9.49. The van der Waals surface area contributed by atoms with Gasteiger partial charge >= 0.3 is 0 Å². The molecule has 6 heteroatoms. The number of oxime groups is 2. The van der Waals surface area contributed by atoms with Crippen LogP contribution in [-0.2, 0) is 21.5 Å². The fourth-order valence-electron chi connectivity index (χ4n) is 2.61. The maximum Gasteiger partial charge on any atom is 0.117 e. The molecule has 150 valence electrons. The Kier molecular flexibility index (Phi) is 7.67. The van der Waals surface area contributed by atoms with Gasteiger partial charge in [0, 0.05) is 11.9 Å². The molecule has 0 bridgehead atoms. The Labute approximate surface area is 167 Å². The lowest BCUT2D eigenvalue weighted by atomic mass is 9.87. The van der Waals surface area contributed by atoms with Crippen molar-refractivity contribution in [3.8, 4) is 0 Å². The van der Waals surface area contributed by atoms with E-state index in [-0.39, 0.29) is 5.41 Å². The van der Waals surface area contributed by atoms with Crippen LogP contribution in [0.15, 0.2) is 46.8 Å². The molecule has 2 heterocycles. The third-order valence-corrected chi connectivity index (χ3v) is 4.27. The molecule has 0 aliphatic carbocycles. The van der Waals surface area contributed by atoms with E-state index in [1.165, 1.54) is 12.7 Å². The molecular formula is C22H30N4O2. The monoisotopic (exact) mass is 382 g/mol. The molecule has 28 heavy (non-hydrogen) atoms. The fraction of sp³-hybridized carbons (Fsp3) is 0.455. The average molecular weight is 383 g/mol. The van der Waals surface area contributed by atoms with Crippen molar-refractivity contribution in [1.29, 1.82) is 0 Å². The SMILES string of the molecule is CO/N=C(\C)c1cccc(CCCO/N=C(\C)c2cc(C(C)(C)C)ccn2)n1. The van der Waals surface area contributed by atoms with E-state index in [0.717, 1.165) is 41.3 Å². The molecule has 0 unspecified atom stereocenters. The summed E-state index contributed by atoms with van der Waals surface area (Å²) in [7, 11) is 1.53. The number of pyridine rings is 2. The van der Waals surface area contributed by atoms with Gasteiger partial charge in [-0.25, -0.2) is 0 Å². The fourth-order valence-corrected chi connectivity index (χ4v) is 2.61. The van der Waals surface area contributed by atoms with Crippen molar-refractivity contribution < 1.29 is 9.68 Å². The molecule has 0 fully saturated rings. The summed E-state index contributed by atoms with van der Waals surface area (Å²) in [4.78, 5) is 19.3.